The number of carbonyl (C=O) groups excluding carboxylic acids is 1. The molecule has 0 bridgehead atoms. The molecule has 1 heterocycles. The fourth-order valence-electron chi connectivity index (χ4n) is 2.88. The summed E-state index contributed by atoms with van der Waals surface area (Å²) in [6, 6.07) is 0. The fraction of sp³-hybridized carbons (Fsp3) is 0.923. The predicted octanol–water partition coefficient (Wildman–Crippen LogP) is 0.306. The molecule has 1 saturated carbocycles. The van der Waals surface area contributed by atoms with Crippen LogP contribution in [0.25, 0.3) is 0 Å². The average Bonchev–Trinajstić information content (AvgIpc) is 2.40. The van der Waals surface area contributed by atoms with Crippen molar-refractivity contribution in [2.24, 2.45) is 5.73 Å². The van der Waals surface area contributed by atoms with Crippen LogP contribution in [0.15, 0.2) is 0 Å². The maximum Gasteiger partial charge on any atom is 0.240 e. The Kier molecular flexibility index (Phi) is 4.25. The number of rotatable bonds is 3. The molecule has 5 heteroatoms. The SMILES string of the molecule is NC1(C(=O)NC2(CO)CCCCC2)CCOCC1. The Hall–Kier alpha value is -0.650. The first-order chi connectivity index (χ1) is 8.60. The molecule has 2 aliphatic rings. The van der Waals surface area contributed by atoms with Gasteiger partial charge >= 0.3 is 0 Å². The lowest BCUT2D eigenvalue weighted by Gasteiger charge is -2.40. The molecule has 1 aliphatic carbocycles. The number of nitrogens with two attached hydrogens (primary N) is 1. The van der Waals surface area contributed by atoms with Crippen molar-refractivity contribution in [2.75, 3.05) is 19.8 Å². The van der Waals surface area contributed by atoms with E-state index in [-0.39, 0.29) is 12.5 Å². The summed E-state index contributed by atoms with van der Waals surface area (Å²) in [5.41, 5.74) is 4.89. The lowest BCUT2D eigenvalue weighted by atomic mass is 9.80. The molecule has 104 valence electrons. The second-order valence-electron chi connectivity index (χ2n) is 5.72. The standard InChI is InChI=1S/C13H24N2O3/c14-13(6-8-18-9-7-13)11(17)15-12(10-16)4-2-1-3-5-12/h16H,1-10,14H2,(H,15,17). The summed E-state index contributed by atoms with van der Waals surface area (Å²) in [4.78, 5) is 12.3. The molecule has 1 saturated heterocycles. The summed E-state index contributed by atoms with van der Waals surface area (Å²) in [6.45, 7) is 1.08. The van der Waals surface area contributed by atoms with Gasteiger partial charge in [0.15, 0.2) is 0 Å². The maximum absolute atomic E-state index is 12.3. The molecular formula is C13H24N2O3. The Bertz CT molecular complexity index is 295. The van der Waals surface area contributed by atoms with Gasteiger partial charge in [0.2, 0.25) is 5.91 Å². The maximum atomic E-state index is 12.3. The third kappa shape index (κ3) is 2.84. The Labute approximate surface area is 108 Å². The van der Waals surface area contributed by atoms with Crippen molar-refractivity contribution in [2.45, 2.75) is 56.0 Å². The van der Waals surface area contributed by atoms with E-state index in [1.54, 1.807) is 0 Å². The molecule has 2 fully saturated rings. The van der Waals surface area contributed by atoms with Crippen LogP contribution >= 0.6 is 0 Å². The van der Waals surface area contributed by atoms with E-state index in [0.29, 0.717) is 26.1 Å². The number of ether oxygens (including phenoxy) is 1. The van der Waals surface area contributed by atoms with E-state index in [4.69, 9.17) is 10.5 Å². The summed E-state index contributed by atoms with van der Waals surface area (Å²) in [6.07, 6.45) is 6.10. The van der Waals surface area contributed by atoms with Crippen LogP contribution in [0.5, 0.6) is 0 Å². The van der Waals surface area contributed by atoms with Crippen LogP contribution in [0.4, 0.5) is 0 Å². The Morgan fingerprint density at radius 1 is 1.17 bits per heavy atom. The second-order valence-corrected chi connectivity index (χ2v) is 5.72. The lowest BCUT2D eigenvalue weighted by Crippen LogP contribution is -2.63. The summed E-state index contributed by atoms with van der Waals surface area (Å²) < 4.78 is 5.25. The van der Waals surface area contributed by atoms with E-state index in [1.165, 1.54) is 6.42 Å². The monoisotopic (exact) mass is 256 g/mol. The number of carbonyl (C=O) groups is 1. The van der Waals surface area contributed by atoms with Crippen LogP contribution in [0.3, 0.4) is 0 Å². The van der Waals surface area contributed by atoms with Crippen molar-refractivity contribution in [3.63, 3.8) is 0 Å². The lowest BCUT2D eigenvalue weighted by molar-refractivity contribution is -0.133. The van der Waals surface area contributed by atoms with Gasteiger partial charge in [-0.1, -0.05) is 19.3 Å². The van der Waals surface area contributed by atoms with Crippen molar-refractivity contribution < 1.29 is 14.6 Å². The topological polar surface area (TPSA) is 84.6 Å². The molecule has 0 unspecified atom stereocenters. The molecule has 1 amide bonds. The first-order valence-corrected chi connectivity index (χ1v) is 6.90. The molecule has 4 N–H and O–H groups in total. The highest BCUT2D eigenvalue weighted by atomic mass is 16.5. The molecule has 0 aromatic carbocycles. The zero-order chi connectivity index (χ0) is 13.1. The van der Waals surface area contributed by atoms with E-state index in [1.807, 2.05) is 0 Å². The van der Waals surface area contributed by atoms with Crippen molar-refractivity contribution in [1.29, 1.82) is 0 Å². The van der Waals surface area contributed by atoms with Gasteiger partial charge in [-0.2, -0.15) is 0 Å². The van der Waals surface area contributed by atoms with E-state index in [0.717, 1.165) is 25.7 Å². The van der Waals surface area contributed by atoms with Crippen molar-refractivity contribution >= 4 is 5.91 Å². The van der Waals surface area contributed by atoms with Gasteiger partial charge in [0.25, 0.3) is 0 Å². The highest BCUT2D eigenvalue weighted by molar-refractivity contribution is 5.86. The molecule has 5 nitrogen and oxygen atoms in total. The number of aliphatic hydroxyl groups excluding tert-OH is 1. The van der Waals surface area contributed by atoms with Crippen LogP contribution < -0.4 is 11.1 Å². The zero-order valence-corrected chi connectivity index (χ0v) is 10.9. The Morgan fingerprint density at radius 3 is 2.33 bits per heavy atom. The highest BCUT2D eigenvalue weighted by Crippen LogP contribution is 2.29. The molecule has 2 rings (SSSR count). The number of hydrogen-bond donors (Lipinski definition) is 3. The first kappa shape index (κ1) is 13.8. The minimum Gasteiger partial charge on any atom is -0.394 e. The zero-order valence-electron chi connectivity index (χ0n) is 10.9. The van der Waals surface area contributed by atoms with Gasteiger partial charge in [0, 0.05) is 13.2 Å². The highest BCUT2D eigenvalue weighted by Gasteiger charge is 2.41. The van der Waals surface area contributed by atoms with E-state index in [9.17, 15) is 9.90 Å². The van der Waals surface area contributed by atoms with Gasteiger partial charge < -0.3 is 20.9 Å². The molecule has 0 aromatic rings. The Morgan fingerprint density at radius 2 is 1.78 bits per heavy atom. The minimum atomic E-state index is -0.822. The third-order valence-electron chi connectivity index (χ3n) is 4.33. The largest absolute Gasteiger partial charge is 0.394 e. The van der Waals surface area contributed by atoms with Gasteiger partial charge in [-0.15, -0.1) is 0 Å². The molecule has 0 atom stereocenters. The van der Waals surface area contributed by atoms with Gasteiger partial charge in [-0.3, -0.25) is 4.79 Å². The average molecular weight is 256 g/mol. The van der Waals surface area contributed by atoms with E-state index >= 15 is 0 Å². The fourth-order valence-corrected chi connectivity index (χ4v) is 2.88. The van der Waals surface area contributed by atoms with Gasteiger partial charge in [-0.25, -0.2) is 0 Å². The predicted molar refractivity (Wildman–Crippen MR) is 68.0 cm³/mol. The van der Waals surface area contributed by atoms with Crippen LogP contribution in [0, 0.1) is 0 Å². The van der Waals surface area contributed by atoms with Gasteiger partial charge in [0.1, 0.15) is 0 Å². The number of amides is 1. The van der Waals surface area contributed by atoms with Crippen molar-refractivity contribution in [1.82, 2.24) is 5.32 Å². The molecule has 18 heavy (non-hydrogen) atoms. The smallest absolute Gasteiger partial charge is 0.240 e. The van der Waals surface area contributed by atoms with Gasteiger partial charge in [0.05, 0.1) is 17.7 Å². The normalized spacial score (nSPS) is 26.6. The number of hydrogen-bond acceptors (Lipinski definition) is 4. The summed E-state index contributed by atoms with van der Waals surface area (Å²) in [7, 11) is 0. The van der Waals surface area contributed by atoms with Crippen LogP contribution in [0.1, 0.15) is 44.9 Å². The van der Waals surface area contributed by atoms with Gasteiger partial charge in [-0.05, 0) is 25.7 Å². The second kappa shape index (κ2) is 5.55. The Balaban J connectivity index is 2.00. The number of nitrogens with one attached hydrogen (secondary N) is 1. The van der Waals surface area contributed by atoms with E-state index in [2.05, 4.69) is 5.32 Å². The third-order valence-corrected chi connectivity index (χ3v) is 4.33. The molecule has 0 spiro atoms. The number of aliphatic hydroxyl groups is 1. The summed E-state index contributed by atoms with van der Waals surface area (Å²) >= 11 is 0. The molecular weight excluding hydrogens is 232 g/mol. The first-order valence-electron chi connectivity index (χ1n) is 6.90. The van der Waals surface area contributed by atoms with E-state index < -0.39 is 11.1 Å². The summed E-state index contributed by atoms with van der Waals surface area (Å²) in [5, 5.41) is 12.6. The van der Waals surface area contributed by atoms with Crippen molar-refractivity contribution in [3.05, 3.63) is 0 Å². The van der Waals surface area contributed by atoms with Crippen molar-refractivity contribution in [3.8, 4) is 0 Å². The van der Waals surface area contributed by atoms with Crippen LogP contribution in [-0.4, -0.2) is 41.9 Å². The molecule has 0 aromatic heterocycles. The molecule has 0 radical (unpaired) electrons. The van der Waals surface area contributed by atoms with Crippen LogP contribution in [0.2, 0.25) is 0 Å². The summed E-state index contributed by atoms with van der Waals surface area (Å²) in [5.74, 6) is -0.123. The van der Waals surface area contributed by atoms with Crippen LogP contribution in [-0.2, 0) is 9.53 Å². The minimum absolute atomic E-state index is 0.00528. The molecule has 1 aliphatic heterocycles. The quantitative estimate of drug-likeness (QED) is 0.678.